The fourth-order valence-corrected chi connectivity index (χ4v) is 3.28. The first-order valence-corrected chi connectivity index (χ1v) is 8.73. The van der Waals surface area contributed by atoms with Gasteiger partial charge in [0.2, 0.25) is 5.91 Å². The van der Waals surface area contributed by atoms with Crippen LogP contribution in [0.1, 0.15) is 49.9 Å². The number of ether oxygens (including phenoxy) is 1. The van der Waals surface area contributed by atoms with Gasteiger partial charge in [-0.1, -0.05) is 38.8 Å². The molecule has 2 rings (SSSR count). The summed E-state index contributed by atoms with van der Waals surface area (Å²) in [6.07, 6.45) is 3.74. The van der Waals surface area contributed by atoms with Crippen molar-refractivity contribution >= 4 is 11.8 Å². The number of amides is 2. The van der Waals surface area contributed by atoms with E-state index in [1.807, 2.05) is 6.07 Å². The Balaban J connectivity index is 1.77. The second kappa shape index (κ2) is 8.71. The van der Waals surface area contributed by atoms with Crippen molar-refractivity contribution in [2.45, 2.75) is 45.6 Å². The lowest BCUT2D eigenvalue weighted by molar-refractivity contribution is -0.122. The molecule has 1 aliphatic carbocycles. The van der Waals surface area contributed by atoms with Gasteiger partial charge < -0.3 is 15.4 Å². The number of carbonyl (C=O) groups excluding carboxylic acids is 2. The van der Waals surface area contributed by atoms with Crippen molar-refractivity contribution in [1.29, 1.82) is 0 Å². The van der Waals surface area contributed by atoms with Crippen molar-refractivity contribution in [2.75, 3.05) is 13.7 Å². The third-order valence-corrected chi connectivity index (χ3v) is 5.04. The minimum Gasteiger partial charge on any atom is -0.496 e. The predicted molar refractivity (Wildman–Crippen MR) is 94.1 cm³/mol. The second-order valence-electron chi connectivity index (χ2n) is 6.65. The normalized spacial score (nSPS) is 23.4. The first kappa shape index (κ1) is 18.3. The number of para-hydroxylation sites is 1. The van der Waals surface area contributed by atoms with Gasteiger partial charge >= 0.3 is 0 Å². The van der Waals surface area contributed by atoms with Crippen LogP contribution in [0.2, 0.25) is 0 Å². The SMILES string of the molecule is COc1ccccc1C(=O)NCCC(=O)N[C@@H]1CCC[C@H](C)[C@H]1C. The van der Waals surface area contributed by atoms with Gasteiger partial charge in [0.1, 0.15) is 5.75 Å². The van der Waals surface area contributed by atoms with Crippen LogP contribution < -0.4 is 15.4 Å². The van der Waals surface area contributed by atoms with E-state index in [4.69, 9.17) is 4.74 Å². The molecule has 0 spiro atoms. The zero-order valence-corrected chi connectivity index (χ0v) is 14.8. The van der Waals surface area contributed by atoms with Crippen LogP contribution in [0.5, 0.6) is 5.75 Å². The number of hydrogen-bond acceptors (Lipinski definition) is 3. The van der Waals surface area contributed by atoms with Gasteiger partial charge in [-0.05, 0) is 30.4 Å². The molecule has 0 aromatic heterocycles. The third kappa shape index (κ3) is 4.73. The van der Waals surface area contributed by atoms with E-state index in [0.717, 1.165) is 6.42 Å². The lowest BCUT2D eigenvalue weighted by atomic mass is 9.78. The lowest BCUT2D eigenvalue weighted by Gasteiger charge is -2.34. The molecule has 2 amide bonds. The van der Waals surface area contributed by atoms with Crippen LogP contribution in [0.15, 0.2) is 24.3 Å². The largest absolute Gasteiger partial charge is 0.496 e. The highest BCUT2D eigenvalue weighted by atomic mass is 16.5. The molecule has 1 saturated carbocycles. The topological polar surface area (TPSA) is 67.4 Å². The Morgan fingerprint density at radius 2 is 1.96 bits per heavy atom. The summed E-state index contributed by atoms with van der Waals surface area (Å²) in [6, 6.07) is 7.31. The number of methoxy groups -OCH3 is 1. The van der Waals surface area contributed by atoms with Crippen molar-refractivity contribution in [2.24, 2.45) is 11.8 Å². The Morgan fingerprint density at radius 1 is 1.21 bits per heavy atom. The first-order valence-electron chi connectivity index (χ1n) is 8.73. The molecule has 0 unspecified atom stereocenters. The van der Waals surface area contributed by atoms with Crippen LogP contribution in [0.25, 0.3) is 0 Å². The summed E-state index contributed by atoms with van der Waals surface area (Å²) in [7, 11) is 1.53. The van der Waals surface area contributed by atoms with Crippen LogP contribution in [0, 0.1) is 11.8 Å². The van der Waals surface area contributed by atoms with E-state index < -0.39 is 0 Å². The van der Waals surface area contributed by atoms with Gasteiger partial charge in [0.15, 0.2) is 0 Å². The number of nitrogens with one attached hydrogen (secondary N) is 2. The Hall–Kier alpha value is -2.04. The molecule has 0 radical (unpaired) electrons. The van der Waals surface area contributed by atoms with Gasteiger partial charge in [-0.3, -0.25) is 9.59 Å². The Bertz CT molecular complexity index is 573. The summed E-state index contributed by atoms with van der Waals surface area (Å²) in [4.78, 5) is 24.3. The van der Waals surface area contributed by atoms with Gasteiger partial charge in [-0.25, -0.2) is 0 Å². The third-order valence-electron chi connectivity index (χ3n) is 5.04. The summed E-state index contributed by atoms with van der Waals surface area (Å²) in [5.74, 6) is 1.46. The molecule has 132 valence electrons. The molecule has 1 aromatic rings. The van der Waals surface area contributed by atoms with Crippen molar-refractivity contribution in [3.8, 4) is 5.75 Å². The predicted octanol–water partition coefficient (Wildman–Crippen LogP) is 2.76. The molecule has 1 aliphatic rings. The molecule has 0 saturated heterocycles. The van der Waals surface area contributed by atoms with E-state index in [2.05, 4.69) is 24.5 Å². The average molecular weight is 332 g/mol. The number of benzene rings is 1. The van der Waals surface area contributed by atoms with E-state index >= 15 is 0 Å². The molecule has 3 atom stereocenters. The standard InChI is InChI=1S/C19H28N2O3/c1-13-7-6-9-16(14(13)2)21-18(22)11-12-20-19(23)15-8-4-5-10-17(15)24-3/h4-5,8,10,13-14,16H,6-7,9,11-12H2,1-3H3,(H,20,23)(H,21,22)/t13-,14+,16+/m0/s1. The maximum absolute atomic E-state index is 12.2. The van der Waals surface area contributed by atoms with E-state index in [1.54, 1.807) is 18.2 Å². The molecule has 0 heterocycles. The molecule has 1 fully saturated rings. The minimum absolute atomic E-state index is 0.00118. The maximum atomic E-state index is 12.2. The van der Waals surface area contributed by atoms with E-state index in [9.17, 15) is 9.59 Å². The van der Waals surface area contributed by atoms with Crippen molar-refractivity contribution in [3.63, 3.8) is 0 Å². The quantitative estimate of drug-likeness (QED) is 0.842. The number of rotatable bonds is 6. The number of hydrogen-bond donors (Lipinski definition) is 2. The monoisotopic (exact) mass is 332 g/mol. The summed E-state index contributed by atoms with van der Waals surface area (Å²) >= 11 is 0. The van der Waals surface area contributed by atoms with Gasteiger partial charge in [0.05, 0.1) is 12.7 Å². The maximum Gasteiger partial charge on any atom is 0.255 e. The smallest absolute Gasteiger partial charge is 0.255 e. The van der Waals surface area contributed by atoms with E-state index in [1.165, 1.54) is 20.0 Å². The summed E-state index contributed by atoms with van der Waals surface area (Å²) in [6.45, 7) is 4.77. The first-order chi connectivity index (χ1) is 11.5. The summed E-state index contributed by atoms with van der Waals surface area (Å²) in [5, 5.41) is 5.90. The molecule has 5 heteroatoms. The fraction of sp³-hybridized carbons (Fsp3) is 0.579. The lowest BCUT2D eigenvalue weighted by Crippen LogP contribution is -2.44. The Kier molecular flexibility index (Phi) is 6.64. The molecular formula is C19H28N2O3. The van der Waals surface area contributed by atoms with Gasteiger partial charge in [-0.15, -0.1) is 0 Å². The van der Waals surface area contributed by atoms with Gasteiger partial charge in [0.25, 0.3) is 5.91 Å². The Morgan fingerprint density at radius 3 is 2.71 bits per heavy atom. The van der Waals surface area contributed by atoms with E-state index in [0.29, 0.717) is 36.1 Å². The van der Waals surface area contributed by atoms with Gasteiger partial charge in [-0.2, -0.15) is 0 Å². The highest BCUT2D eigenvalue weighted by Crippen LogP contribution is 2.29. The molecule has 1 aromatic carbocycles. The van der Waals surface area contributed by atoms with Crippen LogP contribution in [-0.4, -0.2) is 31.5 Å². The van der Waals surface area contributed by atoms with Crippen molar-refractivity contribution in [1.82, 2.24) is 10.6 Å². The average Bonchev–Trinajstić information content (AvgIpc) is 2.58. The minimum atomic E-state index is -0.222. The Labute approximate surface area is 144 Å². The highest BCUT2D eigenvalue weighted by Gasteiger charge is 2.27. The van der Waals surface area contributed by atoms with E-state index in [-0.39, 0.29) is 17.9 Å². The second-order valence-corrected chi connectivity index (χ2v) is 6.65. The zero-order valence-electron chi connectivity index (χ0n) is 14.8. The molecule has 2 N–H and O–H groups in total. The molecule has 5 nitrogen and oxygen atoms in total. The van der Waals surface area contributed by atoms with Gasteiger partial charge in [0, 0.05) is 19.0 Å². The van der Waals surface area contributed by atoms with Crippen LogP contribution in [0.4, 0.5) is 0 Å². The van der Waals surface area contributed by atoms with Crippen molar-refractivity contribution < 1.29 is 14.3 Å². The zero-order chi connectivity index (χ0) is 17.5. The fourth-order valence-electron chi connectivity index (χ4n) is 3.28. The molecule has 0 bridgehead atoms. The van der Waals surface area contributed by atoms with Crippen LogP contribution in [0.3, 0.4) is 0 Å². The van der Waals surface area contributed by atoms with Crippen LogP contribution >= 0.6 is 0 Å². The number of carbonyl (C=O) groups is 2. The van der Waals surface area contributed by atoms with Crippen LogP contribution in [-0.2, 0) is 4.79 Å². The summed E-state index contributed by atoms with van der Waals surface area (Å²) < 4.78 is 5.18. The molecular weight excluding hydrogens is 304 g/mol. The summed E-state index contributed by atoms with van der Waals surface area (Å²) in [5.41, 5.74) is 0.482. The molecule has 24 heavy (non-hydrogen) atoms. The highest BCUT2D eigenvalue weighted by molar-refractivity contribution is 5.97. The van der Waals surface area contributed by atoms with Crippen molar-refractivity contribution in [3.05, 3.63) is 29.8 Å². The molecule has 0 aliphatic heterocycles.